The van der Waals surface area contributed by atoms with E-state index in [1.165, 1.54) is 12.1 Å². The van der Waals surface area contributed by atoms with Crippen LogP contribution in [0.15, 0.2) is 36.4 Å². The lowest BCUT2D eigenvalue weighted by Gasteiger charge is -2.21. The molecular formula is C20H26FN3O2. The summed E-state index contributed by atoms with van der Waals surface area (Å²) in [5, 5.41) is 2.70. The second kappa shape index (κ2) is 7.74. The lowest BCUT2D eigenvalue weighted by atomic mass is 9.97. The first kappa shape index (κ1) is 19.7. The normalized spacial score (nSPS) is 11.5. The highest BCUT2D eigenvalue weighted by Gasteiger charge is 2.18. The van der Waals surface area contributed by atoms with Gasteiger partial charge < -0.3 is 15.4 Å². The molecule has 0 aromatic heterocycles. The van der Waals surface area contributed by atoms with Crippen LogP contribution in [0.1, 0.15) is 26.3 Å². The number of carbonyl (C=O) groups is 1. The van der Waals surface area contributed by atoms with Gasteiger partial charge in [0, 0.05) is 6.54 Å². The summed E-state index contributed by atoms with van der Waals surface area (Å²) >= 11 is 0. The second-order valence-electron chi connectivity index (χ2n) is 7.47. The lowest BCUT2D eigenvalue weighted by Crippen LogP contribution is -2.27. The second-order valence-corrected chi connectivity index (χ2v) is 7.47. The van der Waals surface area contributed by atoms with Crippen molar-refractivity contribution in [2.75, 3.05) is 25.1 Å². The van der Waals surface area contributed by atoms with Gasteiger partial charge in [-0.2, -0.15) is 0 Å². The van der Waals surface area contributed by atoms with E-state index >= 15 is 0 Å². The van der Waals surface area contributed by atoms with Crippen molar-refractivity contribution in [3.63, 3.8) is 0 Å². The number of nitrogens with one attached hydrogen (secondary N) is 1. The van der Waals surface area contributed by atoms with Gasteiger partial charge in [0.2, 0.25) is 0 Å². The maximum Gasteiger partial charge on any atom is 0.412 e. The first-order valence-corrected chi connectivity index (χ1v) is 8.38. The number of nitrogens with two attached hydrogens (primary N) is 1. The van der Waals surface area contributed by atoms with E-state index in [9.17, 15) is 9.18 Å². The van der Waals surface area contributed by atoms with Crippen molar-refractivity contribution in [1.82, 2.24) is 4.90 Å². The van der Waals surface area contributed by atoms with Crippen molar-refractivity contribution in [3.05, 3.63) is 47.8 Å². The number of nitrogen functional groups attached to an aromatic ring is 1. The summed E-state index contributed by atoms with van der Waals surface area (Å²) in [6.45, 7) is 6.02. The molecule has 1 amide bonds. The molecule has 26 heavy (non-hydrogen) atoms. The van der Waals surface area contributed by atoms with Crippen molar-refractivity contribution < 1.29 is 13.9 Å². The van der Waals surface area contributed by atoms with Crippen LogP contribution in [0.25, 0.3) is 11.1 Å². The Hall–Kier alpha value is -2.60. The SMILES string of the molecule is CN(C)Cc1cc(NC(=O)OC(C)(C)C)c(N)cc1-c1ccc(F)cc1. The smallest absolute Gasteiger partial charge is 0.412 e. The Morgan fingerprint density at radius 3 is 2.35 bits per heavy atom. The molecule has 0 aliphatic carbocycles. The monoisotopic (exact) mass is 359 g/mol. The van der Waals surface area contributed by atoms with Crippen LogP contribution >= 0.6 is 0 Å². The van der Waals surface area contributed by atoms with Crippen LogP contribution in [0.2, 0.25) is 0 Å². The van der Waals surface area contributed by atoms with E-state index in [4.69, 9.17) is 10.5 Å². The zero-order valence-electron chi connectivity index (χ0n) is 15.9. The molecule has 2 aromatic rings. The number of ether oxygens (including phenoxy) is 1. The van der Waals surface area contributed by atoms with E-state index < -0.39 is 11.7 Å². The van der Waals surface area contributed by atoms with Crippen LogP contribution in [0.5, 0.6) is 0 Å². The first-order chi connectivity index (χ1) is 12.0. The predicted octanol–water partition coefficient (Wildman–Crippen LogP) is 4.48. The van der Waals surface area contributed by atoms with Crippen LogP contribution in [-0.4, -0.2) is 30.7 Å². The molecule has 140 valence electrons. The number of carbonyl (C=O) groups excluding carboxylic acids is 1. The summed E-state index contributed by atoms with van der Waals surface area (Å²) in [5.41, 5.74) is 9.16. The van der Waals surface area contributed by atoms with Gasteiger partial charge in [-0.1, -0.05) is 12.1 Å². The van der Waals surface area contributed by atoms with Gasteiger partial charge >= 0.3 is 6.09 Å². The minimum absolute atomic E-state index is 0.293. The third-order valence-corrected chi connectivity index (χ3v) is 3.55. The van der Waals surface area contributed by atoms with Gasteiger partial charge in [0.05, 0.1) is 11.4 Å². The minimum atomic E-state index is -0.598. The third-order valence-electron chi connectivity index (χ3n) is 3.55. The minimum Gasteiger partial charge on any atom is -0.444 e. The van der Waals surface area contributed by atoms with Gasteiger partial charge in [-0.15, -0.1) is 0 Å². The van der Waals surface area contributed by atoms with Crippen LogP contribution in [0, 0.1) is 5.82 Å². The molecule has 0 unspecified atom stereocenters. The molecule has 0 bridgehead atoms. The summed E-state index contributed by atoms with van der Waals surface area (Å²) in [7, 11) is 3.90. The van der Waals surface area contributed by atoms with Crippen LogP contribution in [0.3, 0.4) is 0 Å². The Balaban J connectivity index is 2.40. The average Bonchev–Trinajstić information content (AvgIpc) is 2.49. The van der Waals surface area contributed by atoms with Crippen molar-refractivity contribution in [1.29, 1.82) is 0 Å². The van der Waals surface area contributed by atoms with Gasteiger partial charge in [-0.05, 0) is 75.8 Å². The molecule has 0 heterocycles. The predicted molar refractivity (Wildman–Crippen MR) is 103 cm³/mol. The van der Waals surface area contributed by atoms with Crippen molar-refractivity contribution in [2.45, 2.75) is 32.9 Å². The number of rotatable bonds is 4. The Kier molecular flexibility index (Phi) is 5.87. The summed E-state index contributed by atoms with van der Waals surface area (Å²) in [6, 6.07) is 9.88. The van der Waals surface area contributed by atoms with Gasteiger partial charge in [0.15, 0.2) is 0 Å². The van der Waals surface area contributed by atoms with Crippen molar-refractivity contribution in [2.24, 2.45) is 0 Å². The maximum absolute atomic E-state index is 13.2. The number of hydrogen-bond acceptors (Lipinski definition) is 4. The fraction of sp³-hybridized carbons (Fsp3) is 0.350. The summed E-state index contributed by atoms with van der Waals surface area (Å²) in [6.07, 6.45) is -0.561. The van der Waals surface area contributed by atoms with E-state index in [-0.39, 0.29) is 5.82 Å². The van der Waals surface area contributed by atoms with E-state index in [1.807, 2.05) is 25.1 Å². The Morgan fingerprint density at radius 2 is 1.81 bits per heavy atom. The highest BCUT2D eigenvalue weighted by atomic mass is 19.1. The van der Waals surface area contributed by atoms with Gasteiger partial charge in [0.25, 0.3) is 0 Å². The zero-order valence-corrected chi connectivity index (χ0v) is 15.9. The molecule has 0 saturated heterocycles. The van der Waals surface area contributed by atoms with Crippen LogP contribution in [-0.2, 0) is 11.3 Å². The van der Waals surface area contributed by atoms with E-state index in [1.54, 1.807) is 39.0 Å². The molecule has 0 spiro atoms. The van der Waals surface area contributed by atoms with Gasteiger partial charge in [-0.25, -0.2) is 9.18 Å². The Morgan fingerprint density at radius 1 is 1.19 bits per heavy atom. The van der Waals surface area contributed by atoms with Crippen molar-refractivity contribution in [3.8, 4) is 11.1 Å². The van der Waals surface area contributed by atoms with Gasteiger partial charge in [0.1, 0.15) is 11.4 Å². The number of benzene rings is 2. The highest BCUT2D eigenvalue weighted by molar-refractivity contribution is 5.91. The number of anilines is 2. The number of nitrogens with zero attached hydrogens (tertiary/aromatic N) is 1. The topological polar surface area (TPSA) is 67.6 Å². The molecule has 0 saturated carbocycles. The molecule has 2 rings (SSSR count). The molecule has 0 aliphatic rings. The standard InChI is InChI=1S/C20H26FN3O2/c1-20(2,3)26-19(25)23-18-10-14(12-24(4)5)16(11-17(18)22)13-6-8-15(21)9-7-13/h6-11H,12,22H2,1-5H3,(H,23,25). The molecule has 0 radical (unpaired) electrons. The molecule has 5 nitrogen and oxygen atoms in total. The maximum atomic E-state index is 13.2. The Labute approximate surface area is 153 Å². The molecular weight excluding hydrogens is 333 g/mol. The van der Waals surface area contributed by atoms with Gasteiger partial charge in [-0.3, -0.25) is 5.32 Å². The molecule has 6 heteroatoms. The third kappa shape index (κ3) is 5.46. The molecule has 0 atom stereocenters. The van der Waals surface area contributed by atoms with Crippen LogP contribution < -0.4 is 11.1 Å². The number of amides is 1. The summed E-state index contributed by atoms with van der Waals surface area (Å²) < 4.78 is 18.5. The van der Waals surface area contributed by atoms with E-state index in [2.05, 4.69) is 5.32 Å². The number of hydrogen-bond donors (Lipinski definition) is 2. The highest BCUT2D eigenvalue weighted by Crippen LogP contribution is 2.32. The molecule has 0 fully saturated rings. The fourth-order valence-corrected chi connectivity index (χ4v) is 2.55. The van der Waals surface area contributed by atoms with E-state index in [0.29, 0.717) is 17.9 Å². The molecule has 2 aromatic carbocycles. The number of halogens is 1. The molecule has 3 N–H and O–H groups in total. The molecule has 0 aliphatic heterocycles. The lowest BCUT2D eigenvalue weighted by molar-refractivity contribution is 0.0636. The first-order valence-electron chi connectivity index (χ1n) is 8.38. The quantitative estimate of drug-likeness (QED) is 0.790. The van der Waals surface area contributed by atoms with Crippen LogP contribution in [0.4, 0.5) is 20.6 Å². The zero-order chi connectivity index (χ0) is 19.5. The largest absolute Gasteiger partial charge is 0.444 e. The van der Waals surface area contributed by atoms with E-state index in [0.717, 1.165) is 16.7 Å². The Bertz CT molecular complexity index is 781. The fourth-order valence-electron chi connectivity index (χ4n) is 2.55. The summed E-state index contributed by atoms with van der Waals surface area (Å²) in [4.78, 5) is 14.1. The summed E-state index contributed by atoms with van der Waals surface area (Å²) in [5.74, 6) is -0.293. The average molecular weight is 359 g/mol. The van der Waals surface area contributed by atoms with Crippen molar-refractivity contribution >= 4 is 17.5 Å².